The van der Waals surface area contributed by atoms with Crippen LogP contribution < -0.4 is 4.80 Å². The van der Waals surface area contributed by atoms with Crippen molar-refractivity contribution in [3.8, 4) is 12.3 Å². The molecular formula is C17H10ClN3O3S. The Balaban J connectivity index is 2.19. The smallest absolute Gasteiger partial charge is 0.281 e. The Labute approximate surface area is 151 Å². The van der Waals surface area contributed by atoms with Crippen LogP contribution in [0.1, 0.15) is 10.4 Å². The minimum atomic E-state index is -0.502. The van der Waals surface area contributed by atoms with Gasteiger partial charge in [0.05, 0.1) is 32.3 Å². The number of nitro groups is 1. The van der Waals surface area contributed by atoms with Gasteiger partial charge in [0, 0.05) is 12.1 Å². The summed E-state index contributed by atoms with van der Waals surface area (Å²) in [4.78, 5) is 27.4. The maximum absolute atomic E-state index is 12.4. The van der Waals surface area contributed by atoms with Crippen LogP contribution >= 0.6 is 22.9 Å². The Bertz CT molecular complexity index is 1110. The number of nitrogens with zero attached hydrogens (tertiary/aromatic N) is 3. The largest absolute Gasteiger partial charge is 0.305 e. The highest BCUT2D eigenvalue weighted by Gasteiger charge is 2.13. The molecule has 0 aliphatic heterocycles. The van der Waals surface area contributed by atoms with Crippen LogP contribution in [0.25, 0.3) is 10.2 Å². The van der Waals surface area contributed by atoms with E-state index < -0.39 is 10.8 Å². The number of aromatic nitrogens is 1. The molecule has 0 saturated carbocycles. The van der Waals surface area contributed by atoms with Crippen molar-refractivity contribution in [1.29, 1.82) is 0 Å². The van der Waals surface area contributed by atoms with Crippen molar-refractivity contribution >= 4 is 44.7 Å². The molecule has 0 saturated heterocycles. The van der Waals surface area contributed by atoms with Crippen molar-refractivity contribution in [2.24, 2.45) is 4.99 Å². The molecule has 0 bridgehead atoms. The van der Waals surface area contributed by atoms with E-state index >= 15 is 0 Å². The van der Waals surface area contributed by atoms with E-state index in [1.807, 2.05) is 0 Å². The van der Waals surface area contributed by atoms with Crippen LogP contribution in [0.2, 0.25) is 5.02 Å². The maximum atomic E-state index is 12.4. The summed E-state index contributed by atoms with van der Waals surface area (Å²) >= 11 is 7.19. The van der Waals surface area contributed by atoms with Crippen molar-refractivity contribution in [2.75, 3.05) is 0 Å². The first kappa shape index (κ1) is 16.9. The number of non-ortho nitro benzene ring substituents is 1. The molecule has 1 aromatic heterocycles. The van der Waals surface area contributed by atoms with Crippen LogP contribution in [-0.2, 0) is 6.54 Å². The zero-order valence-electron chi connectivity index (χ0n) is 12.7. The predicted octanol–water partition coefficient (Wildman–Crippen LogP) is 3.64. The van der Waals surface area contributed by atoms with Gasteiger partial charge in [-0.25, -0.2) is 0 Å². The zero-order valence-corrected chi connectivity index (χ0v) is 14.3. The molecule has 124 valence electrons. The zero-order chi connectivity index (χ0) is 18.0. The number of carbonyl (C=O) groups excluding carboxylic acids is 1. The average Bonchev–Trinajstić information content (AvgIpc) is 2.92. The monoisotopic (exact) mass is 371 g/mol. The first-order valence-corrected chi connectivity index (χ1v) is 8.25. The average molecular weight is 372 g/mol. The van der Waals surface area contributed by atoms with Gasteiger partial charge in [0.1, 0.15) is 0 Å². The number of rotatable bonds is 3. The van der Waals surface area contributed by atoms with Gasteiger partial charge in [0.25, 0.3) is 11.6 Å². The van der Waals surface area contributed by atoms with Gasteiger partial charge < -0.3 is 4.57 Å². The summed E-state index contributed by atoms with van der Waals surface area (Å²) in [5, 5.41) is 11.2. The quantitative estimate of drug-likeness (QED) is 0.400. The third-order valence-electron chi connectivity index (χ3n) is 3.43. The molecule has 0 aliphatic rings. The van der Waals surface area contributed by atoms with Crippen LogP contribution in [-0.4, -0.2) is 15.4 Å². The van der Waals surface area contributed by atoms with E-state index in [2.05, 4.69) is 10.9 Å². The summed E-state index contributed by atoms with van der Waals surface area (Å²) in [6.45, 7) is 0.187. The fourth-order valence-electron chi connectivity index (χ4n) is 2.29. The second-order valence-corrected chi connectivity index (χ2v) is 6.40. The lowest BCUT2D eigenvalue weighted by Crippen LogP contribution is -2.16. The van der Waals surface area contributed by atoms with E-state index in [1.165, 1.54) is 12.1 Å². The second kappa shape index (κ2) is 6.89. The number of benzene rings is 2. The van der Waals surface area contributed by atoms with Crippen molar-refractivity contribution in [2.45, 2.75) is 6.54 Å². The minimum Gasteiger partial charge on any atom is -0.305 e. The number of terminal acetylenes is 1. The summed E-state index contributed by atoms with van der Waals surface area (Å²) in [7, 11) is 0. The van der Waals surface area contributed by atoms with Crippen LogP contribution in [0.15, 0.2) is 47.5 Å². The number of hydrogen-bond acceptors (Lipinski definition) is 4. The Morgan fingerprint density at radius 2 is 2.12 bits per heavy atom. The van der Waals surface area contributed by atoms with Gasteiger partial charge in [0.15, 0.2) is 4.80 Å². The van der Waals surface area contributed by atoms with E-state index in [9.17, 15) is 14.9 Å². The van der Waals surface area contributed by atoms with Crippen LogP contribution in [0.3, 0.4) is 0 Å². The molecule has 0 fully saturated rings. The summed E-state index contributed by atoms with van der Waals surface area (Å²) < 4.78 is 2.29. The van der Waals surface area contributed by atoms with E-state index in [0.29, 0.717) is 20.0 Å². The summed E-state index contributed by atoms with van der Waals surface area (Å²) in [5.41, 5.74) is 0.921. The highest BCUT2D eigenvalue weighted by molar-refractivity contribution is 7.16. The predicted molar refractivity (Wildman–Crippen MR) is 96.6 cm³/mol. The van der Waals surface area contributed by atoms with E-state index in [4.69, 9.17) is 18.0 Å². The molecule has 2 aromatic carbocycles. The molecule has 8 heteroatoms. The van der Waals surface area contributed by atoms with Crippen LogP contribution in [0, 0.1) is 22.5 Å². The van der Waals surface area contributed by atoms with Crippen LogP contribution in [0.5, 0.6) is 0 Å². The van der Waals surface area contributed by atoms with Gasteiger partial charge in [-0.2, -0.15) is 4.99 Å². The molecule has 0 spiro atoms. The van der Waals surface area contributed by atoms with Gasteiger partial charge in [0.2, 0.25) is 0 Å². The molecule has 0 unspecified atom stereocenters. The van der Waals surface area contributed by atoms with Gasteiger partial charge in [-0.05, 0) is 18.2 Å². The third-order valence-corrected chi connectivity index (χ3v) is 4.80. The van der Waals surface area contributed by atoms with Crippen molar-refractivity contribution in [3.63, 3.8) is 0 Å². The van der Waals surface area contributed by atoms with Gasteiger partial charge in [-0.3, -0.25) is 14.9 Å². The minimum absolute atomic E-state index is 0.0365. The first-order chi connectivity index (χ1) is 12.0. The van der Waals surface area contributed by atoms with Gasteiger partial charge >= 0.3 is 0 Å². The molecule has 3 aromatic rings. The number of carbonyl (C=O) groups is 1. The third kappa shape index (κ3) is 3.31. The topological polar surface area (TPSA) is 77.5 Å². The van der Waals surface area contributed by atoms with Gasteiger partial charge in [-0.15, -0.1) is 6.42 Å². The molecule has 1 heterocycles. The molecular weight excluding hydrogens is 362 g/mol. The molecule has 0 atom stereocenters. The van der Waals surface area contributed by atoms with Crippen LogP contribution in [0.4, 0.5) is 5.69 Å². The van der Waals surface area contributed by atoms with Crippen molar-refractivity contribution < 1.29 is 9.72 Å². The lowest BCUT2D eigenvalue weighted by atomic mass is 10.2. The molecule has 6 nitrogen and oxygen atoms in total. The van der Waals surface area contributed by atoms with Crippen molar-refractivity contribution in [1.82, 2.24) is 4.57 Å². The highest BCUT2D eigenvalue weighted by atomic mass is 35.5. The fraction of sp³-hybridized carbons (Fsp3) is 0.0588. The molecule has 1 amide bonds. The number of nitro benzene ring substituents is 1. The fourth-order valence-corrected chi connectivity index (χ4v) is 3.56. The summed E-state index contributed by atoms with van der Waals surface area (Å²) in [6, 6.07) is 11.0. The maximum Gasteiger partial charge on any atom is 0.281 e. The van der Waals surface area contributed by atoms with Gasteiger partial charge in [-0.1, -0.05) is 41.0 Å². The molecule has 0 N–H and O–H groups in total. The first-order valence-electron chi connectivity index (χ1n) is 7.06. The standard InChI is InChI=1S/C17H10ClN3O3S/c1-2-9-20-14-8-7-11(21(23)24)10-15(14)25-17(20)19-16(22)12-5-3-4-6-13(12)18/h1,3-8,10H,9H2. The lowest BCUT2D eigenvalue weighted by Gasteiger charge is -2.00. The number of fused-ring (bicyclic) bond motifs is 1. The molecule has 0 radical (unpaired) electrons. The normalized spacial score (nSPS) is 11.4. The number of halogens is 1. The number of thiazole rings is 1. The van der Waals surface area contributed by atoms with E-state index in [-0.39, 0.29) is 17.8 Å². The van der Waals surface area contributed by atoms with E-state index in [0.717, 1.165) is 11.3 Å². The Kier molecular flexibility index (Phi) is 4.65. The second-order valence-electron chi connectivity index (χ2n) is 4.98. The highest BCUT2D eigenvalue weighted by Crippen LogP contribution is 2.23. The Morgan fingerprint density at radius 1 is 1.36 bits per heavy atom. The van der Waals surface area contributed by atoms with E-state index in [1.54, 1.807) is 34.9 Å². The van der Waals surface area contributed by atoms with Crippen molar-refractivity contribution in [3.05, 3.63) is 68.0 Å². The SMILES string of the molecule is C#CCn1c(=NC(=O)c2ccccc2Cl)sc2cc([N+](=O)[O-])ccc21. The molecule has 0 aliphatic carbocycles. The Hall–Kier alpha value is -2.95. The molecule has 3 rings (SSSR count). The Morgan fingerprint density at radius 3 is 2.80 bits per heavy atom. The number of amides is 1. The lowest BCUT2D eigenvalue weighted by molar-refractivity contribution is -0.384. The summed E-state index contributed by atoms with van der Waals surface area (Å²) in [5.74, 6) is 2.00. The number of hydrogen-bond donors (Lipinski definition) is 0. The molecule has 25 heavy (non-hydrogen) atoms. The summed E-state index contributed by atoms with van der Waals surface area (Å²) in [6.07, 6.45) is 5.40.